The van der Waals surface area contributed by atoms with Crippen molar-refractivity contribution in [1.29, 1.82) is 0 Å². The van der Waals surface area contributed by atoms with Gasteiger partial charge in [-0.3, -0.25) is 14.8 Å². The molecule has 21 heavy (non-hydrogen) atoms. The van der Waals surface area contributed by atoms with E-state index in [4.69, 9.17) is 11.6 Å². The summed E-state index contributed by atoms with van der Waals surface area (Å²) in [6.07, 6.45) is 1.08. The first-order chi connectivity index (χ1) is 9.81. The zero-order valence-electron chi connectivity index (χ0n) is 10.6. The second-order valence-corrected chi connectivity index (χ2v) is 6.02. The number of aryl methyl sites for hydroxylation is 1. The van der Waals surface area contributed by atoms with Crippen molar-refractivity contribution in [2.75, 3.05) is 4.72 Å². The molecule has 2 aromatic rings. The van der Waals surface area contributed by atoms with Crippen molar-refractivity contribution >= 4 is 33.1 Å². The van der Waals surface area contributed by atoms with Crippen LogP contribution in [0.4, 0.5) is 11.5 Å². The quantitative estimate of drug-likeness (QED) is 0.522. The molecule has 0 aliphatic carbocycles. The number of nitro benzene ring substituents is 1. The van der Waals surface area contributed by atoms with Gasteiger partial charge in [-0.2, -0.15) is 0 Å². The van der Waals surface area contributed by atoms with Crippen LogP contribution in [0, 0.1) is 17.0 Å². The van der Waals surface area contributed by atoms with Crippen LogP contribution in [0.2, 0.25) is 5.15 Å². The van der Waals surface area contributed by atoms with Gasteiger partial charge >= 0.3 is 0 Å². The molecule has 0 saturated carbocycles. The van der Waals surface area contributed by atoms with Gasteiger partial charge in [-0.05, 0) is 12.5 Å². The van der Waals surface area contributed by atoms with Gasteiger partial charge in [0.25, 0.3) is 15.7 Å². The zero-order chi connectivity index (χ0) is 15.6. The summed E-state index contributed by atoms with van der Waals surface area (Å²) >= 11 is 5.64. The molecule has 0 spiro atoms. The lowest BCUT2D eigenvalue weighted by Crippen LogP contribution is -2.17. The highest BCUT2D eigenvalue weighted by molar-refractivity contribution is 7.93. The topological polar surface area (TPSA) is 115 Å². The largest absolute Gasteiger partial charge is 0.290 e. The molecule has 0 saturated heterocycles. The van der Waals surface area contributed by atoms with Crippen LogP contribution in [0.5, 0.6) is 0 Å². The maximum absolute atomic E-state index is 12.3. The van der Waals surface area contributed by atoms with Gasteiger partial charge in [-0.25, -0.2) is 18.4 Å². The van der Waals surface area contributed by atoms with Crippen molar-refractivity contribution in [3.05, 3.63) is 51.4 Å². The zero-order valence-corrected chi connectivity index (χ0v) is 12.2. The number of nitrogens with one attached hydrogen (secondary N) is 1. The highest BCUT2D eigenvalue weighted by Crippen LogP contribution is 2.28. The van der Waals surface area contributed by atoms with Crippen LogP contribution < -0.4 is 4.72 Å². The van der Waals surface area contributed by atoms with E-state index in [1.165, 1.54) is 25.1 Å². The van der Waals surface area contributed by atoms with E-state index in [9.17, 15) is 18.5 Å². The number of aromatic nitrogens is 2. The summed E-state index contributed by atoms with van der Waals surface area (Å²) in [5, 5.41) is 11.0. The smallest absolute Gasteiger partial charge is 0.263 e. The lowest BCUT2D eigenvalue weighted by atomic mass is 10.2. The van der Waals surface area contributed by atoms with Gasteiger partial charge in [-0.15, -0.1) is 0 Å². The van der Waals surface area contributed by atoms with E-state index in [1.54, 1.807) is 0 Å². The van der Waals surface area contributed by atoms with Gasteiger partial charge in [0.1, 0.15) is 17.3 Å². The highest BCUT2D eigenvalue weighted by Gasteiger charge is 2.28. The fourth-order valence-corrected chi connectivity index (χ4v) is 3.25. The molecule has 1 aromatic heterocycles. The van der Waals surface area contributed by atoms with Crippen LogP contribution >= 0.6 is 11.6 Å². The molecular formula is C11H9ClN4O4S. The molecule has 10 heteroatoms. The van der Waals surface area contributed by atoms with E-state index in [1.807, 2.05) is 0 Å². The van der Waals surface area contributed by atoms with Crippen molar-refractivity contribution in [2.45, 2.75) is 11.8 Å². The molecule has 0 bridgehead atoms. The standard InChI is InChI=1S/C11H9ClN4O4S/c1-7-3-2-4-8(16(17)18)11(7)21(19,20)15-10-5-9(12)13-6-14-10/h2-6H,1H3,(H,13,14,15). The predicted molar refractivity (Wildman–Crippen MR) is 75.7 cm³/mol. The first-order valence-electron chi connectivity index (χ1n) is 5.55. The summed E-state index contributed by atoms with van der Waals surface area (Å²) in [6, 6.07) is 5.19. The van der Waals surface area contributed by atoms with Gasteiger partial charge in [0.15, 0.2) is 4.90 Å². The van der Waals surface area contributed by atoms with Gasteiger partial charge in [0.05, 0.1) is 4.92 Å². The summed E-state index contributed by atoms with van der Waals surface area (Å²) in [5.74, 6) is -0.0763. The van der Waals surface area contributed by atoms with Crippen molar-refractivity contribution < 1.29 is 13.3 Å². The lowest BCUT2D eigenvalue weighted by Gasteiger charge is -2.09. The molecule has 0 aliphatic rings. The van der Waals surface area contributed by atoms with Crippen molar-refractivity contribution in [2.24, 2.45) is 0 Å². The number of anilines is 1. The molecule has 0 unspecified atom stereocenters. The Bertz CT molecular complexity index is 810. The van der Waals surface area contributed by atoms with Crippen molar-refractivity contribution in [3.63, 3.8) is 0 Å². The molecule has 0 amide bonds. The molecule has 0 radical (unpaired) electrons. The lowest BCUT2D eigenvalue weighted by molar-refractivity contribution is -0.387. The third-order valence-electron chi connectivity index (χ3n) is 2.53. The second-order valence-electron chi connectivity index (χ2n) is 4.01. The fourth-order valence-electron chi connectivity index (χ4n) is 1.71. The monoisotopic (exact) mass is 328 g/mol. The van der Waals surface area contributed by atoms with E-state index in [0.717, 1.165) is 12.4 Å². The third-order valence-corrected chi connectivity index (χ3v) is 4.28. The van der Waals surface area contributed by atoms with E-state index in [0.29, 0.717) is 0 Å². The number of nitrogens with zero attached hydrogens (tertiary/aromatic N) is 3. The average molecular weight is 329 g/mol. The Morgan fingerprint density at radius 2 is 2.05 bits per heavy atom. The summed E-state index contributed by atoms with van der Waals surface area (Å²) in [7, 11) is -4.18. The molecule has 2 rings (SSSR count). The Kier molecular flexibility index (Phi) is 4.05. The molecule has 0 atom stereocenters. The minimum atomic E-state index is -4.18. The predicted octanol–water partition coefficient (Wildman–Crippen LogP) is 2.15. The molecular weight excluding hydrogens is 320 g/mol. The Balaban J connectivity index is 2.52. The molecule has 1 N–H and O–H groups in total. The Labute approximate surface area is 125 Å². The van der Waals surface area contributed by atoms with Crippen LogP contribution in [-0.4, -0.2) is 23.3 Å². The number of halogens is 1. The van der Waals surface area contributed by atoms with Crippen LogP contribution in [0.3, 0.4) is 0 Å². The Hall–Kier alpha value is -2.26. The van der Waals surface area contributed by atoms with E-state index < -0.39 is 25.5 Å². The van der Waals surface area contributed by atoms with Crippen molar-refractivity contribution in [1.82, 2.24) is 9.97 Å². The molecule has 110 valence electrons. The third kappa shape index (κ3) is 3.26. The second kappa shape index (κ2) is 5.62. The van der Waals surface area contributed by atoms with Gasteiger partial charge in [-0.1, -0.05) is 23.7 Å². The van der Waals surface area contributed by atoms with E-state index in [-0.39, 0.29) is 16.5 Å². The first kappa shape index (κ1) is 15.1. The van der Waals surface area contributed by atoms with E-state index in [2.05, 4.69) is 14.7 Å². The normalized spacial score (nSPS) is 11.1. The van der Waals surface area contributed by atoms with Gasteiger partial charge in [0.2, 0.25) is 0 Å². The van der Waals surface area contributed by atoms with Gasteiger partial charge < -0.3 is 0 Å². The number of benzene rings is 1. The number of hydrogen-bond donors (Lipinski definition) is 1. The van der Waals surface area contributed by atoms with E-state index >= 15 is 0 Å². The Morgan fingerprint density at radius 3 is 2.67 bits per heavy atom. The van der Waals surface area contributed by atoms with Crippen LogP contribution in [0.1, 0.15) is 5.56 Å². The minimum absolute atomic E-state index is 0.0435. The minimum Gasteiger partial charge on any atom is -0.263 e. The highest BCUT2D eigenvalue weighted by atomic mass is 35.5. The molecule has 0 aliphatic heterocycles. The average Bonchev–Trinajstić information content (AvgIpc) is 2.37. The Morgan fingerprint density at radius 1 is 1.33 bits per heavy atom. The maximum atomic E-state index is 12.3. The SMILES string of the molecule is Cc1cccc([N+](=O)[O-])c1S(=O)(=O)Nc1cc(Cl)ncn1. The number of nitro groups is 1. The van der Waals surface area contributed by atoms with Crippen LogP contribution in [0.15, 0.2) is 35.5 Å². The molecule has 1 aromatic carbocycles. The maximum Gasteiger partial charge on any atom is 0.290 e. The molecule has 1 heterocycles. The number of sulfonamides is 1. The van der Waals surface area contributed by atoms with Crippen LogP contribution in [-0.2, 0) is 10.0 Å². The number of hydrogen-bond acceptors (Lipinski definition) is 6. The van der Waals surface area contributed by atoms with Crippen LogP contribution in [0.25, 0.3) is 0 Å². The first-order valence-corrected chi connectivity index (χ1v) is 7.42. The number of rotatable bonds is 4. The van der Waals surface area contributed by atoms with Crippen molar-refractivity contribution in [3.8, 4) is 0 Å². The molecule has 8 nitrogen and oxygen atoms in total. The fraction of sp³-hybridized carbons (Fsp3) is 0.0909. The van der Waals surface area contributed by atoms with Gasteiger partial charge in [0, 0.05) is 12.1 Å². The summed E-state index contributed by atoms with van der Waals surface area (Å²) in [5.41, 5.74) is -0.264. The summed E-state index contributed by atoms with van der Waals surface area (Å²) < 4.78 is 26.8. The summed E-state index contributed by atoms with van der Waals surface area (Å²) in [4.78, 5) is 17.1. The molecule has 0 fully saturated rings. The summed E-state index contributed by atoms with van der Waals surface area (Å²) in [6.45, 7) is 1.47.